The molecular formula is C24H32FN5O2. The van der Waals surface area contributed by atoms with Gasteiger partial charge in [0.1, 0.15) is 12.1 Å². The Morgan fingerprint density at radius 1 is 1.25 bits per heavy atom. The highest BCUT2D eigenvalue weighted by atomic mass is 19.1. The molecule has 1 amide bonds. The highest BCUT2D eigenvalue weighted by Gasteiger charge is 2.32. The molecule has 2 fully saturated rings. The number of rotatable bonds is 7. The summed E-state index contributed by atoms with van der Waals surface area (Å²) in [5.41, 5.74) is 1.55. The molecule has 8 heteroatoms. The third-order valence-electron chi connectivity index (χ3n) is 6.17. The zero-order valence-corrected chi connectivity index (χ0v) is 18.6. The van der Waals surface area contributed by atoms with E-state index in [1.165, 1.54) is 25.0 Å². The second-order valence-corrected chi connectivity index (χ2v) is 8.56. The standard InChI is InChI=1S/C24H32FN5O2/c1-2-26-24(29-20-12-14-30(15-20)23(31)18-5-3-4-6-18)27-13-11-21-16-32-22(28-21)17-7-9-19(25)10-8-17/h7-10,16,18,20H,2-6,11-15H2,1H3,(H2,26,27,29). The maximum Gasteiger partial charge on any atom is 0.226 e. The van der Waals surface area contributed by atoms with Gasteiger partial charge in [-0.2, -0.15) is 0 Å². The number of oxazole rings is 1. The number of halogens is 1. The quantitative estimate of drug-likeness (QED) is 0.509. The molecule has 172 valence electrons. The normalized spacial score (nSPS) is 19.5. The molecule has 7 nitrogen and oxygen atoms in total. The van der Waals surface area contributed by atoms with Gasteiger partial charge in [0.05, 0.1) is 5.69 Å². The van der Waals surface area contributed by atoms with Crippen molar-refractivity contribution in [3.05, 3.63) is 42.0 Å². The van der Waals surface area contributed by atoms with E-state index in [4.69, 9.17) is 4.42 Å². The van der Waals surface area contributed by atoms with Crippen LogP contribution in [0.5, 0.6) is 0 Å². The van der Waals surface area contributed by atoms with Crippen molar-refractivity contribution in [3.8, 4) is 11.5 Å². The van der Waals surface area contributed by atoms with Gasteiger partial charge >= 0.3 is 0 Å². The molecule has 2 aromatic rings. The van der Waals surface area contributed by atoms with Crippen LogP contribution >= 0.6 is 0 Å². The predicted octanol–water partition coefficient (Wildman–Crippen LogP) is 3.37. The summed E-state index contributed by atoms with van der Waals surface area (Å²) in [6, 6.07) is 6.31. The van der Waals surface area contributed by atoms with Gasteiger partial charge in [-0.05, 0) is 50.5 Å². The lowest BCUT2D eigenvalue weighted by Gasteiger charge is -2.21. The maximum absolute atomic E-state index is 13.1. The molecule has 0 bridgehead atoms. The first kappa shape index (κ1) is 22.3. The fourth-order valence-electron chi connectivity index (χ4n) is 4.45. The van der Waals surface area contributed by atoms with Crippen molar-refractivity contribution in [1.29, 1.82) is 0 Å². The van der Waals surface area contributed by atoms with Crippen LogP contribution in [0.15, 0.2) is 39.9 Å². The number of nitrogens with one attached hydrogen (secondary N) is 2. The second-order valence-electron chi connectivity index (χ2n) is 8.56. The summed E-state index contributed by atoms with van der Waals surface area (Å²) in [6.07, 6.45) is 7.65. The highest BCUT2D eigenvalue weighted by Crippen LogP contribution is 2.27. The molecule has 0 spiro atoms. The smallest absolute Gasteiger partial charge is 0.226 e. The summed E-state index contributed by atoms with van der Waals surface area (Å²) in [4.78, 5) is 23.8. The molecule has 1 saturated heterocycles. The maximum atomic E-state index is 13.1. The van der Waals surface area contributed by atoms with Gasteiger partial charge in [-0.15, -0.1) is 0 Å². The number of guanidine groups is 1. The summed E-state index contributed by atoms with van der Waals surface area (Å²) in [7, 11) is 0. The van der Waals surface area contributed by atoms with Crippen LogP contribution in [0.4, 0.5) is 4.39 Å². The van der Waals surface area contributed by atoms with E-state index in [2.05, 4.69) is 20.6 Å². The number of aliphatic imine (C=N–C) groups is 1. The number of likely N-dealkylation sites (tertiary alicyclic amines) is 1. The fourth-order valence-corrected chi connectivity index (χ4v) is 4.45. The van der Waals surface area contributed by atoms with Crippen LogP contribution in [0.25, 0.3) is 11.5 Å². The fraction of sp³-hybridized carbons (Fsp3) is 0.542. The molecule has 1 aromatic heterocycles. The molecule has 2 N–H and O–H groups in total. The first-order valence-corrected chi connectivity index (χ1v) is 11.7. The second kappa shape index (κ2) is 10.6. The lowest BCUT2D eigenvalue weighted by molar-refractivity contribution is -0.134. The Morgan fingerprint density at radius 3 is 2.78 bits per heavy atom. The number of amides is 1. The monoisotopic (exact) mass is 441 g/mol. The topological polar surface area (TPSA) is 82.8 Å². The van der Waals surface area contributed by atoms with Crippen molar-refractivity contribution in [2.45, 2.75) is 51.5 Å². The first-order chi connectivity index (χ1) is 15.6. The van der Waals surface area contributed by atoms with Crippen molar-refractivity contribution < 1.29 is 13.6 Å². The molecule has 32 heavy (non-hydrogen) atoms. The van der Waals surface area contributed by atoms with Crippen molar-refractivity contribution in [2.75, 3.05) is 26.2 Å². The molecule has 2 heterocycles. The van der Waals surface area contributed by atoms with E-state index in [0.717, 1.165) is 56.1 Å². The molecule has 1 saturated carbocycles. The Kier molecular flexibility index (Phi) is 7.39. The van der Waals surface area contributed by atoms with Gasteiger partial charge in [0.25, 0.3) is 0 Å². The Morgan fingerprint density at radius 2 is 2.03 bits per heavy atom. The van der Waals surface area contributed by atoms with Gasteiger partial charge < -0.3 is 20.0 Å². The predicted molar refractivity (Wildman–Crippen MR) is 122 cm³/mol. The number of benzene rings is 1. The van der Waals surface area contributed by atoms with Gasteiger partial charge in [0, 0.05) is 50.1 Å². The lowest BCUT2D eigenvalue weighted by Crippen LogP contribution is -2.45. The molecular weight excluding hydrogens is 409 g/mol. The number of hydrogen-bond acceptors (Lipinski definition) is 4. The number of carbonyl (C=O) groups is 1. The van der Waals surface area contributed by atoms with Crippen LogP contribution in [0.3, 0.4) is 0 Å². The minimum absolute atomic E-state index is 0.218. The van der Waals surface area contributed by atoms with E-state index in [1.54, 1.807) is 18.4 Å². The summed E-state index contributed by atoms with van der Waals surface area (Å²) in [5.74, 6) is 1.52. The van der Waals surface area contributed by atoms with Crippen LogP contribution in [0.2, 0.25) is 0 Å². The van der Waals surface area contributed by atoms with Gasteiger partial charge in [-0.25, -0.2) is 9.37 Å². The Labute approximate surface area is 188 Å². The zero-order valence-electron chi connectivity index (χ0n) is 18.6. The SMILES string of the molecule is CCNC(=NCCc1coc(-c2ccc(F)cc2)n1)NC1CCN(C(=O)C2CCCC2)C1. The van der Waals surface area contributed by atoms with E-state index in [1.807, 2.05) is 11.8 Å². The first-order valence-electron chi connectivity index (χ1n) is 11.7. The van der Waals surface area contributed by atoms with Crippen molar-refractivity contribution in [3.63, 3.8) is 0 Å². The van der Waals surface area contributed by atoms with E-state index in [9.17, 15) is 9.18 Å². The lowest BCUT2D eigenvalue weighted by atomic mass is 10.1. The Bertz CT molecular complexity index is 921. The van der Waals surface area contributed by atoms with Crippen LogP contribution < -0.4 is 10.6 Å². The number of nitrogens with zero attached hydrogens (tertiary/aromatic N) is 3. The Balaban J connectivity index is 1.28. The van der Waals surface area contributed by atoms with E-state index in [-0.39, 0.29) is 17.8 Å². The molecule has 4 rings (SSSR count). The van der Waals surface area contributed by atoms with E-state index < -0.39 is 0 Å². The van der Waals surface area contributed by atoms with Crippen molar-refractivity contribution in [1.82, 2.24) is 20.5 Å². The molecule has 1 aliphatic heterocycles. The van der Waals surface area contributed by atoms with Crippen LogP contribution in [-0.2, 0) is 11.2 Å². The zero-order chi connectivity index (χ0) is 22.3. The number of hydrogen-bond donors (Lipinski definition) is 2. The number of carbonyl (C=O) groups excluding carboxylic acids is 1. The minimum atomic E-state index is -0.286. The molecule has 1 aromatic carbocycles. The van der Waals surface area contributed by atoms with Crippen LogP contribution in [0, 0.1) is 11.7 Å². The molecule has 2 aliphatic rings. The van der Waals surface area contributed by atoms with Crippen molar-refractivity contribution >= 4 is 11.9 Å². The van der Waals surface area contributed by atoms with E-state index >= 15 is 0 Å². The van der Waals surface area contributed by atoms with Gasteiger partial charge in [-0.3, -0.25) is 9.79 Å². The molecule has 1 aliphatic carbocycles. The van der Waals surface area contributed by atoms with Crippen LogP contribution in [0.1, 0.15) is 44.7 Å². The number of aromatic nitrogens is 1. The summed E-state index contributed by atoms with van der Waals surface area (Å²) in [5, 5.41) is 6.77. The van der Waals surface area contributed by atoms with Gasteiger partial charge in [-0.1, -0.05) is 12.8 Å². The van der Waals surface area contributed by atoms with Crippen LogP contribution in [-0.4, -0.2) is 54.0 Å². The summed E-state index contributed by atoms with van der Waals surface area (Å²) >= 11 is 0. The van der Waals surface area contributed by atoms with Gasteiger partial charge in [0.15, 0.2) is 5.96 Å². The highest BCUT2D eigenvalue weighted by molar-refractivity contribution is 5.81. The summed E-state index contributed by atoms with van der Waals surface area (Å²) < 4.78 is 18.6. The third-order valence-corrected chi connectivity index (χ3v) is 6.17. The Hall–Kier alpha value is -2.90. The summed E-state index contributed by atoms with van der Waals surface area (Å²) in [6.45, 7) is 4.92. The van der Waals surface area contributed by atoms with Crippen molar-refractivity contribution in [2.24, 2.45) is 10.9 Å². The molecule has 1 unspecified atom stereocenters. The average Bonchev–Trinajstić information content (AvgIpc) is 3.56. The van der Waals surface area contributed by atoms with E-state index in [0.29, 0.717) is 24.8 Å². The average molecular weight is 442 g/mol. The molecule has 0 radical (unpaired) electrons. The third kappa shape index (κ3) is 5.66. The minimum Gasteiger partial charge on any atom is -0.444 e. The largest absolute Gasteiger partial charge is 0.444 e. The van der Waals surface area contributed by atoms with Gasteiger partial charge in [0.2, 0.25) is 11.8 Å². The molecule has 1 atom stereocenters.